The highest BCUT2D eigenvalue weighted by Crippen LogP contribution is 2.46. The number of nitriles is 1. The van der Waals surface area contributed by atoms with Crippen LogP contribution in [0.5, 0.6) is 0 Å². The average molecular weight is 423 g/mol. The van der Waals surface area contributed by atoms with Crippen LogP contribution in [0.25, 0.3) is 17.1 Å². The lowest BCUT2D eigenvalue weighted by atomic mass is 9.67. The molecule has 2 aromatic heterocycles. The highest BCUT2D eigenvalue weighted by Gasteiger charge is 2.42. The fourth-order valence-electron chi connectivity index (χ4n) is 5.20. The molecule has 0 aliphatic heterocycles. The SMILES string of the molecule is CC(C)c1ccc(-c2nc3c(n2-c2cccnc2)CCC2C(C)C(=O)C(C#N)=CC32)cc1. The highest BCUT2D eigenvalue weighted by molar-refractivity contribution is 6.01. The van der Waals surface area contributed by atoms with Crippen molar-refractivity contribution in [3.63, 3.8) is 0 Å². The van der Waals surface area contributed by atoms with Crippen molar-refractivity contribution in [3.8, 4) is 23.1 Å². The molecule has 160 valence electrons. The molecule has 0 spiro atoms. The first-order valence-corrected chi connectivity index (χ1v) is 11.3. The zero-order valence-electron chi connectivity index (χ0n) is 18.6. The van der Waals surface area contributed by atoms with E-state index >= 15 is 0 Å². The maximum Gasteiger partial charge on any atom is 0.176 e. The molecular formula is C27H26N4O. The van der Waals surface area contributed by atoms with E-state index in [2.05, 4.69) is 59.8 Å². The van der Waals surface area contributed by atoms with Crippen molar-refractivity contribution >= 4 is 5.78 Å². The molecule has 3 atom stereocenters. The lowest BCUT2D eigenvalue weighted by Gasteiger charge is -2.36. The summed E-state index contributed by atoms with van der Waals surface area (Å²) in [5.41, 5.74) is 5.72. The van der Waals surface area contributed by atoms with E-state index in [1.807, 2.05) is 25.3 Å². The maximum absolute atomic E-state index is 12.6. The minimum atomic E-state index is -0.162. The number of benzene rings is 1. The van der Waals surface area contributed by atoms with E-state index in [1.165, 1.54) is 5.56 Å². The van der Waals surface area contributed by atoms with Crippen LogP contribution in [0.2, 0.25) is 0 Å². The molecule has 3 unspecified atom stereocenters. The van der Waals surface area contributed by atoms with Gasteiger partial charge >= 0.3 is 0 Å². The summed E-state index contributed by atoms with van der Waals surface area (Å²) in [6, 6.07) is 14.7. The van der Waals surface area contributed by atoms with Crippen molar-refractivity contribution in [1.29, 1.82) is 5.26 Å². The van der Waals surface area contributed by atoms with E-state index in [4.69, 9.17) is 4.98 Å². The second-order valence-electron chi connectivity index (χ2n) is 9.16. The van der Waals surface area contributed by atoms with Gasteiger partial charge in [0.15, 0.2) is 5.78 Å². The Bertz CT molecular complexity index is 1250. The van der Waals surface area contributed by atoms with E-state index in [0.29, 0.717) is 5.92 Å². The number of ketones is 1. The van der Waals surface area contributed by atoms with Gasteiger partial charge in [-0.25, -0.2) is 4.98 Å². The Labute approximate surface area is 188 Å². The van der Waals surface area contributed by atoms with Crippen LogP contribution in [-0.2, 0) is 11.2 Å². The number of allylic oxidation sites excluding steroid dienone is 2. The molecule has 0 N–H and O–H groups in total. The van der Waals surface area contributed by atoms with E-state index in [-0.39, 0.29) is 29.1 Å². The lowest BCUT2D eigenvalue weighted by molar-refractivity contribution is -0.120. The van der Waals surface area contributed by atoms with Gasteiger partial charge in [0.05, 0.1) is 23.2 Å². The van der Waals surface area contributed by atoms with Crippen molar-refractivity contribution in [2.75, 3.05) is 0 Å². The van der Waals surface area contributed by atoms with Gasteiger partial charge in [0, 0.05) is 29.3 Å². The lowest BCUT2D eigenvalue weighted by Crippen LogP contribution is -2.34. The number of aromatic nitrogens is 3. The van der Waals surface area contributed by atoms with E-state index < -0.39 is 0 Å². The minimum absolute atomic E-state index is 0.0206. The van der Waals surface area contributed by atoms with Crippen molar-refractivity contribution in [1.82, 2.24) is 14.5 Å². The number of imidazole rings is 1. The molecule has 1 aromatic carbocycles. The first-order valence-electron chi connectivity index (χ1n) is 11.3. The Hall–Kier alpha value is -3.52. The number of fused-ring (bicyclic) bond motifs is 3. The van der Waals surface area contributed by atoms with E-state index in [9.17, 15) is 10.1 Å². The Morgan fingerprint density at radius 1 is 1.19 bits per heavy atom. The van der Waals surface area contributed by atoms with Crippen LogP contribution < -0.4 is 0 Å². The number of hydrogen-bond donors (Lipinski definition) is 0. The number of carbonyl (C=O) groups excluding carboxylic acids is 1. The van der Waals surface area contributed by atoms with Crippen LogP contribution in [0.4, 0.5) is 0 Å². The zero-order chi connectivity index (χ0) is 22.4. The van der Waals surface area contributed by atoms with Crippen LogP contribution in [0.1, 0.15) is 56.0 Å². The summed E-state index contributed by atoms with van der Waals surface area (Å²) < 4.78 is 2.21. The van der Waals surface area contributed by atoms with E-state index in [0.717, 1.165) is 41.3 Å². The normalized spacial score (nSPS) is 22.2. The van der Waals surface area contributed by atoms with Gasteiger partial charge < -0.3 is 0 Å². The molecule has 2 heterocycles. The number of hydrogen-bond acceptors (Lipinski definition) is 4. The maximum atomic E-state index is 12.6. The quantitative estimate of drug-likeness (QED) is 0.569. The summed E-state index contributed by atoms with van der Waals surface area (Å²) in [4.78, 5) is 22.1. The smallest absolute Gasteiger partial charge is 0.176 e. The molecule has 5 heteroatoms. The van der Waals surface area contributed by atoms with E-state index in [1.54, 1.807) is 6.20 Å². The first-order chi connectivity index (χ1) is 15.5. The predicted octanol–water partition coefficient (Wildman–Crippen LogP) is 5.37. The van der Waals surface area contributed by atoms with Crippen molar-refractivity contribution in [2.24, 2.45) is 11.8 Å². The van der Waals surface area contributed by atoms with Gasteiger partial charge in [0.1, 0.15) is 11.9 Å². The third kappa shape index (κ3) is 3.18. The molecule has 0 saturated carbocycles. The summed E-state index contributed by atoms with van der Waals surface area (Å²) in [6.07, 6.45) is 7.24. The van der Waals surface area contributed by atoms with Gasteiger partial charge in [0.2, 0.25) is 0 Å². The standard InChI is InChI=1S/C27H26N4O/c1-16(2)18-6-8-19(9-7-18)27-30-25-23-13-20(14-28)26(32)17(3)22(23)10-11-24(25)31(27)21-5-4-12-29-15-21/h4-9,12-13,15-17,22-23H,10-11H2,1-3H3. The van der Waals surface area contributed by atoms with Crippen molar-refractivity contribution < 1.29 is 4.79 Å². The highest BCUT2D eigenvalue weighted by atomic mass is 16.1. The molecule has 5 nitrogen and oxygen atoms in total. The van der Waals surface area contributed by atoms with Gasteiger partial charge in [-0.2, -0.15) is 5.26 Å². The van der Waals surface area contributed by atoms with Crippen molar-refractivity contribution in [3.05, 3.63) is 77.4 Å². The summed E-state index contributed by atoms with van der Waals surface area (Å²) >= 11 is 0. The Kier molecular flexibility index (Phi) is 5.01. The molecule has 5 rings (SSSR count). The fraction of sp³-hybridized carbons (Fsp3) is 0.333. The number of nitrogens with zero attached hydrogens (tertiary/aromatic N) is 4. The number of pyridine rings is 1. The molecular weight excluding hydrogens is 396 g/mol. The van der Waals surface area contributed by atoms with Gasteiger partial charge in [-0.15, -0.1) is 0 Å². The molecule has 0 radical (unpaired) electrons. The predicted molar refractivity (Wildman–Crippen MR) is 123 cm³/mol. The molecule has 32 heavy (non-hydrogen) atoms. The Balaban J connectivity index is 1.71. The molecule has 0 bridgehead atoms. The summed E-state index contributed by atoms with van der Waals surface area (Å²) in [6.45, 7) is 6.34. The molecule has 0 amide bonds. The molecule has 0 fully saturated rings. The third-order valence-corrected chi connectivity index (χ3v) is 7.02. The summed E-state index contributed by atoms with van der Waals surface area (Å²) in [5, 5.41) is 9.53. The van der Waals surface area contributed by atoms with Crippen molar-refractivity contribution in [2.45, 2.75) is 45.4 Å². The van der Waals surface area contributed by atoms with Gasteiger partial charge in [-0.3, -0.25) is 14.3 Å². The second kappa shape index (κ2) is 7.87. The second-order valence-corrected chi connectivity index (χ2v) is 9.16. The molecule has 2 aliphatic carbocycles. The van der Waals surface area contributed by atoms with Crippen LogP contribution in [-0.4, -0.2) is 20.3 Å². The minimum Gasteiger partial charge on any atom is -0.295 e. The van der Waals surface area contributed by atoms with Gasteiger partial charge in [-0.1, -0.05) is 51.1 Å². The largest absolute Gasteiger partial charge is 0.295 e. The number of Topliss-reactive ketones (excluding diaryl/α,β-unsaturated/α-hetero) is 1. The first kappa shape index (κ1) is 20.4. The monoisotopic (exact) mass is 422 g/mol. The third-order valence-electron chi connectivity index (χ3n) is 7.02. The molecule has 3 aromatic rings. The summed E-state index contributed by atoms with van der Waals surface area (Å²) in [7, 11) is 0. The van der Waals surface area contributed by atoms with Gasteiger partial charge in [0.25, 0.3) is 0 Å². The number of rotatable bonds is 3. The average Bonchev–Trinajstić information content (AvgIpc) is 3.22. The Morgan fingerprint density at radius 3 is 2.62 bits per heavy atom. The van der Waals surface area contributed by atoms with Crippen LogP contribution in [0.15, 0.2) is 60.4 Å². The number of carbonyl (C=O) groups is 1. The van der Waals surface area contributed by atoms with Crippen LogP contribution in [0.3, 0.4) is 0 Å². The molecule has 0 saturated heterocycles. The Morgan fingerprint density at radius 2 is 1.97 bits per heavy atom. The van der Waals surface area contributed by atoms with Crippen LogP contribution >= 0.6 is 0 Å². The fourth-order valence-corrected chi connectivity index (χ4v) is 5.20. The van der Waals surface area contributed by atoms with Crippen LogP contribution in [0, 0.1) is 23.2 Å². The topological polar surface area (TPSA) is 71.6 Å². The molecule has 2 aliphatic rings. The summed E-state index contributed by atoms with van der Waals surface area (Å²) in [5.74, 6) is 1.31. The zero-order valence-corrected chi connectivity index (χ0v) is 18.6. The van der Waals surface area contributed by atoms with Gasteiger partial charge in [-0.05, 0) is 42.4 Å².